The van der Waals surface area contributed by atoms with Crippen LogP contribution in [-0.4, -0.2) is 50.3 Å². The molecule has 0 radical (unpaired) electrons. The average Bonchev–Trinajstić information content (AvgIpc) is 2.38. The molecule has 1 heterocycles. The van der Waals surface area contributed by atoms with E-state index in [1.54, 1.807) is 16.4 Å². The maximum atomic E-state index is 12.9. The van der Waals surface area contributed by atoms with E-state index in [1.165, 1.54) is 0 Å². The van der Waals surface area contributed by atoms with Crippen molar-refractivity contribution in [1.29, 1.82) is 0 Å². The number of piperazine rings is 1. The molecule has 20 heavy (non-hydrogen) atoms. The van der Waals surface area contributed by atoms with Gasteiger partial charge in [0.15, 0.2) is 0 Å². The number of aryl methyl sites for hydroxylation is 1. The number of anilines is 1. The van der Waals surface area contributed by atoms with Crippen LogP contribution in [0.25, 0.3) is 0 Å². The summed E-state index contributed by atoms with van der Waals surface area (Å²) < 4.78 is 27.4. The van der Waals surface area contributed by atoms with Crippen LogP contribution >= 0.6 is 0 Å². The van der Waals surface area contributed by atoms with Crippen molar-refractivity contribution < 1.29 is 8.42 Å². The number of hydrogen-bond donors (Lipinski definition) is 1. The van der Waals surface area contributed by atoms with E-state index in [2.05, 4.69) is 4.90 Å². The Morgan fingerprint density at radius 2 is 2.05 bits per heavy atom. The Labute approximate surface area is 121 Å². The van der Waals surface area contributed by atoms with Crippen LogP contribution in [0.3, 0.4) is 0 Å². The van der Waals surface area contributed by atoms with Crippen LogP contribution in [0.15, 0.2) is 23.1 Å². The van der Waals surface area contributed by atoms with Gasteiger partial charge in [0.05, 0.1) is 4.90 Å². The molecule has 2 rings (SSSR count). The predicted molar refractivity (Wildman–Crippen MR) is 81.1 cm³/mol. The fourth-order valence-corrected chi connectivity index (χ4v) is 4.65. The molecule has 1 aliphatic rings. The first-order valence-electron chi connectivity index (χ1n) is 6.95. The molecule has 6 heteroatoms. The number of sulfonamides is 1. The van der Waals surface area contributed by atoms with Gasteiger partial charge in [0, 0.05) is 31.4 Å². The van der Waals surface area contributed by atoms with Gasteiger partial charge in [-0.1, -0.05) is 13.0 Å². The lowest BCUT2D eigenvalue weighted by Crippen LogP contribution is -2.52. The monoisotopic (exact) mass is 297 g/mol. The van der Waals surface area contributed by atoms with E-state index in [9.17, 15) is 8.42 Å². The van der Waals surface area contributed by atoms with E-state index >= 15 is 0 Å². The minimum Gasteiger partial charge on any atom is -0.399 e. The molecule has 1 aromatic rings. The van der Waals surface area contributed by atoms with Crippen molar-refractivity contribution in [2.24, 2.45) is 0 Å². The van der Waals surface area contributed by atoms with Gasteiger partial charge in [-0.3, -0.25) is 0 Å². The minimum atomic E-state index is -3.47. The molecule has 1 atom stereocenters. The molecule has 1 aromatic carbocycles. The summed E-state index contributed by atoms with van der Waals surface area (Å²) in [6.45, 7) is 5.94. The van der Waals surface area contributed by atoms with E-state index < -0.39 is 10.0 Å². The summed E-state index contributed by atoms with van der Waals surface area (Å²) in [6.07, 6.45) is 0.678. The summed E-state index contributed by atoms with van der Waals surface area (Å²) in [6, 6.07) is 5.12. The van der Waals surface area contributed by atoms with Crippen LogP contribution in [0.1, 0.15) is 19.4 Å². The third-order valence-corrected chi connectivity index (χ3v) is 5.92. The van der Waals surface area contributed by atoms with Crippen LogP contribution in [0.4, 0.5) is 5.69 Å². The number of nitrogen functional groups attached to an aromatic ring is 1. The molecule has 0 spiro atoms. The molecule has 1 fully saturated rings. The van der Waals surface area contributed by atoms with Crippen molar-refractivity contribution in [3.8, 4) is 0 Å². The summed E-state index contributed by atoms with van der Waals surface area (Å²) in [5.74, 6) is 0. The molecule has 1 saturated heterocycles. The summed E-state index contributed by atoms with van der Waals surface area (Å²) >= 11 is 0. The Morgan fingerprint density at radius 3 is 2.65 bits per heavy atom. The Balaban J connectivity index is 2.42. The van der Waals surface area contributed by atoms with Crippen molar-refractivity contribution in [2.45, 2.75) is 31.2 Å². The highest BCUT2D eigenvalue weighted by Crippen LogP contribution is 2.26. The number of nitrogens with zero attached hydrogens (tertiary/aromatic N) is 2. The molecule has 1 aliphatic heterocycles. The highest BCUT2D eigenvalue weighted by molar-refractivity contribution is 7.89. The molecule has 0 amide bonds. The maximum absolute atomic E-state index is 12.9. The quantitative estimate of drug-likeness (QED) is 0.850. The van der Waals surface area contributed by atoms with Crippen LogP contribution in [0.2, 0.25) is 0 Å². The summed E-state index contributed by atoms with van der Waals surface area (Å²) in [4.78, 5) is 2.51. The summed E-state index contributed by atoms with van der Waals surface area (Å²) in [5.41, 5.74) is 7.09. The van der Waals surface area contributed by atoms with Gasteiger partial charge in [0.25, 0.3) is 0 Å². The molecular formula is C14H23N3O2S. The van der Waals surface area contributed by atoms with Crippen LogP contribution < -0.4 is 5.73 Å². The lowest BCUT2D eigenvalue weighted by Gasteiger charge is -2.37. The Hall–Kier alpha value is -1.11. The zero-order chi connectivity index (χ0) is 14.9. The second kappa shape index (κ2) is 5.71. The van der Waals surface area contributed by atoms with Gasteiger partial charge in [0.2, 0.25) is 10.0 Å². The molecular weight excluding hydrogens is 274 g/mol. The highest BCUT2D eigenvalue weighted by atomic mass is 32.2. The molecule has 1 unspecified atom stereocenters. The van der Waals surface area contributed by atoms with Gasteiger partial charge in [-0.15, -0.1) is 0 Å². The van der Waals surface area contributed by atoms with Crippen molar-refractivity contribution in [1.82, 2.24) is 9.21 Å². The smallest absolute Gasteiger partial charge is 0.243 e. The average molecular weight is 297 g/mol. The van der Waals surface area contributed by atoms with E-state index in [-0.39, 0.29) is 6.04 Å². The van der Waals surface area contributed by atoms with Crippen molar-refractivity contribution in [3.05, 3.63) is 23.8 Å². The first-order chi connectivity index (χ1) is 9.36. The lowest BCUT2D eigenvalue weighted by molar-refractivity contribution is 0.170. The van der Waals surface area contributed by atoms with Crippen LogP contribution in [0, 0.1) is 0 Å². The van der Waals surface area contributed by atoms with Gasteiger partial charge in [-0.05, 0) is 38.1 Å². The van der Waals surface area contributed by atoms with E-state index in [4.69, 9.17) is 5.73 Å². The predicted octanol–water partition coefficient (Wildman–Crippen LogP) is 1.16. The molecule has 0 bridgehead atoms. The van der Waals surface area contributed by atoms with E-state index in [1.807, 2.05) is 27.0 Å². The number of benzene rings is 1. The summed E-state index contributed by atoms with van der Waals surface area (Å²) in [7, 11) is -1.46. The second-order valence-electron chi connectivity index (χ2n) is 5.45. The largest absolute Gasteiger partial charge is 0.399 e. The topological polar surface area (TPSA) is 66.6 Å². The van der Waals surface area contributed by atoms with Crippen LogP contribution in [-0.2, 0) is 16.4 Å². The third kappa shape index (κ3) is 2.82. The zero-order valence-corrected chi connectivity index (χ0v) is 13.2. The summed E-state index contributed by atoms with van der Waals surface area (Å²) in [5, 5.41) is 0. The standard InChI is InChI=1S/C14H23N3O2S/c1-4-12-5-6-13(15)9-14(12)20(18,19)17-8-7-16(3)10-11(17)2/h5-6,9,11H,4,7-8,10,15H2,1-3H3. The maximum Gasteiger partial charge on any atom is 0.243 e. The van der Waals surface area contributed by atoms with Gasteiger partial charge >= 0.3 is 0 Å². The molecule has 5 nitrogen and oxygen atoms in total. The van der Waals surface area contributed by atoms with Crippen molar-refractivity contribution in [3.63, 3.8) is 0 Å². The van der Waals surface area contributed by atoms with Crippen molar-refractivity contribution in [2.75, 3.05) is 32.4 Å². The van der Waals surface area contributed by atoms with Crippen molar-refractivity contribution >= 4 is 15.7 Å². The second-order valence-corrected chi connectivity index (χ2v) is 7.31. The SMILES string of the molecule is CCc1ccc(N)cc1S(=O)(=O)N1CCN(C)CC1C. The first kappa shape index (κ1) is 15.3. The first-order valence-corrected chi connectivity index (χ1v) is 8.39. The fourth-order valence-electron chi connectivity index (χ4n) is 2.71. The fraction of sp³-hybridized carbons (Fsp3) is 0.571. The molecule has 0 aromatic heterocycles. The lowest BCUT2D eigenvalue weighted by atomic mass is 10.1. The third-order valence-electron chi connectivity index (χ3n) is 3.83. The molecule has 112 valence electrons. The minimum absolute atomic E-state index is 0.0233. The molecule has 0 saturated carbocycles. The number of hydrogen-bond acceptors (Lipinski definition) is 4. The van der Waals surface area contributed by atoms with Gasteiger partial charge in [0.1, 0.15) is 0 Å². The Morgan fingerprint density at radius 1 is 1.35 bits per heavy atom. The Bertz CT molecular complexity index is 586. The number of likely N-dealkylation sites (N-methyl/N-ethyl adjacent to an activating group) is 1. The molecule has 2 N–H and O–H groups in total. The van der Waals surface area contributed by atoms with Gasteiger partial charge < -0.3 is 10.6 Å². The van der Waals surface area contributed by atoms with Gasteiger partial charge in [-0.25, -0.2) is 8.42 Å². The number of nitrogens with two attached hydrogens (primary N) is 1. The van der Waals surface area contributed by atoms with Gasteiger partial charge in [-0.2, -0.15) is 4.31 Å². The van der Waals surface area contributed by atoms with E-state index in [0.29, 0.717) is 23.5 Å². The highest BCUT2D eigenvalue weighted by Gasteiger charge is 2.33. The normalized spacial score (nSPS) is 22.1. The van der Waals surface area contributed by atoms with E-state index in [0.717, 1.165) is 18.7 Å². The Kier molecular flexibility index (Phi) is 4.36. The zero-order valence-electron chi connectivity index (χ0n) is 12.3. The van der Waals surface area contributed by atoms with Crippen LogP contribution in [0.5, 0.6) is 0 Å². The number of rotatable bonds is 3. The molecule has 0 aliphatic carbocycles.